The Morgan fingerprint density at radius 1 is 1.13 bits per heavy atom. The molecule has 1 heterocycles. The third-order valence-corrected chi connectivity index (χ3v) is 3.20. The molecule has 0 aliphatic heterocycles. The Kier molecular flexibility index (Phi) is 3.80. The average molecular weight is 315 g/mol. The number of carbonyl (C=O) groups excluding carboxylic acids is 1. The molecule has 0 radical (unpaired) electrons. The van der Waals surface area contributed by atoms with Gasteiger partial charge in [-0.15, -0.1) is 5.10 Å². The van der Waals surface area contributed by atoms with E-state index in [1.54, 1.807) is 31.3 Å². The van der Waals surface area contributed by atoms with Crippen molar-refractivity contribution in [2.24, 2.45) is 7.05 Å². The van der Waals surface area contributed by atoms with Crippen molar-refractivity contribution in [3.05, 3.63) is 59.7 Å². The van der Waals surface area contributed by atoms with Gasteiger partial charge in [0.25, 0.3) is 5.91 Å². The highest BCUT2D eigenvalue weighted by Gasteiger charge is 2.13. The molecule has 3 aromatic rings. The normalized spacial score (nSPS) is 10.6. The van der Waals surface area contributed by atoms with Crippen molar-refractivity contribution in [3.8, 4) is 11.4 Å². The number of hydrogen-bond donors (Lipinski definition) is 1. The minimum Gasteiger partial charge on any atom is -0.322 e. The number of rotatable bonds is 3. The number of aromatic nitrogens is 4. The van der Waals surface area contributed by atoms with Gasteiger partial charge in [-0.1, -0.05) is 0 Å². The Labute approximate surface area is 129 Å². The van der Waals surface area contributed by atoms with E-state index in [4.69, 9.17) is 0 Å². The molecule has 0 atom stereocenters. The zero-order chi connectivity index (χ0) is 16.4. The van der Waals surface area contributed by atoms with Crippen molar-refractivity contribution < 1.29 is 13.6 Å². The van der Waals surface area contributed by atoms with Crippen LogP contribution in [0.5, 0.6) is 0 Å². The lowest BCUT2D eigenvalue weighted by molar-refractivity contribution is 0.102. The van der Waals surface area contributed by atoms with Crippen molar-refractivity contribution in [1.29, 1.82) is 0 Å². The van der Waals surface area contributed by atoms with E-state index in [1.807, 2.05) is 0 Å². The Morgan fingerprint density at radius 3 is 2.48 bits per heavy atom. The number of aryl methyl sites for hydroxylation is 1. The highest BCUT2D eigenvalue weighted by molar-refractivity contribution is 6.04. The molecule has 1 amide bonds. The number of hydrogen-bond acceptors (Lipinski definition) is 4. The van der Waals surface area contributed by atoms with E-state index >= 15 is 0 Å². The van der Waals surface area contributed by atoms with Gasteiger partial charge >= 0.3 is 0 Å². The van der Waals surface area contributed by atoms with Crippen molar-refractivity contribution >= 4 is 11.6 Å². The lowest BCUT2D eigenvalue weighted by Gasteiger charge is -2.07. The van der Waals surface area contributed by atoms with E-state index in [0.29, 0.717) is 17.6 Å². The monoisotopic (exact) mass is 315 g/mol. The average Bonchev–Trinajstić information content (AvgIpc) is 2.94. The summed E-state index contributed by atoms with van der Waals surface area (Å²) >= 11 is 0. The topological polar surface area (TPSA) is 72.7 Å². The molecule has 0 aliphatic rings. The fourth-order valence-corrected chi connectivity index (χ4v) is 2.05. The smallest absolute Gasteiger partial charge is 0.258 e. The second-order valence-electron chi connectivity index (χ2n) is 4.78. The van der Waals surface area contributed by atoms with Gasteiger partial charge in [0.05, 0.1) is 5.56 Å². The second kappa shape index (κ2) is 5.91. The molecule has 23 heavy (non-hydrogen) atoms. The maximum atomic E-state index is 13.6. The summed E-state index contributed by atoms with van der Waals surface area (Å²) in [4.78, 5) is 12.0. The van der Waals surface area contributed by atoms with Crippen LogP contribution < -0.4 is 5.32 Å². The van der Waals surface area contributed by atoms with Crippen molar-refractivity contribution in [2.75, 3.05) is 5.32 Å². The molecule has 0 saturated carbocycles. The first-order chi connectivity index (χ1) is 11.0. The van der Waals surface area contributed by atoms with E-state index < -0.39 is 17.5 Å². The van der Waals surface area contributed by atoms with Crippen molar-refractivity contribution in [3.63, 3.8) is 0 Å². The standard InChI is InChI=1S/C15H11F2N5O/c1-22-14(19-20-21-22)9-2-5-11(6-3-9)18-15(23)12-7-4-10(16)8-13(12)17/h2-8H,1H3,(H,18,23). The first-order valence-corrected chi connectivity index (χ1v) is 6.64. The number of halogens is 2. The number of anilines is 1. The Morgan fingerprint density at radius 2 is 1.87 bits per heavy atom. The van der Waals surface area contributed by atoms with Crippen molar-refractivity contribution in [2.45, 2.75) is 0 Å². The van der Waals surface area contributed by atoms with Gasteiger partial charge in [0.2, 0.25) is 0 Å². The highest BCUT2D eigenvalue weighted by Crippen LogP contribution is 2.19. The maximum Gasteiger partial charge on any atom is 0.258 e. The summed E-state index contributed by atoms with van der Waals surface area (Å²) in [5.74, 6) is -1.73. The molecule has 8 heteroatoms. The molecule has 0 saturated heterocycles. The predicted molar refractivity (Wildman–Crippen MR) is 78.5 cm³/mol. The SMILES string of the molecule is Cn1nnnc1-c1ccc(NC(=O)c2ccc(F)cc2F)cc1. The van der Waals surface area contributed by atoms with Crippen LogP contribution in [0, 0.1) is 11.6 Å². The van der Waals surface area contributed by atoms with Gasteiger partial charge in [-0.05, 0) is 46.8 Å². The number of benzene rings is 2. The summed E-state index contributed by atoms with van der Waals surface area (Å²) in [6.45, 7) is 0. The molecule has 1 N–H and O–H groups in total. The Balaban J connectivity index is 1.78. The van der Waals surface area contributed by atoms with E-state index in [1.165, 1.54) is 4.68 Å². The van der Waals surface area contributed by atoms with Gasteiger partial charge in [-0.2, -0.15) is 0 Å². The molecule has 0 spiro atoms. The van der Waals surface area contributed by atoms with Crippen LogP contribution in [-0.4, -0.2) is 26.1 Å². The lowest BCUT2D eigenvalue weighted by atomic mass is 10.1. The zero-order valence-corrected chi connectivity index (χ0v) is 12.0. The summed E-state index contributed by atoms with van der Waals surface area (Å²) in [5, 5.41) is 13.7. The fourth-order valence-electron chi connectivity index (χ4n) is 2.05. The van der Waals surface area contributed by atoms with Crippen LogP contribution in [0.1, 0.15) is 10.4 Å². The van der Waals surface area contributed by atoms with Crippen LogP contribution in [0.25, 0.3) is 11.4 Å². The first-order valence-electron chi connectivity index (χ1n) is 6.64. The second-order valence-corrected chi connectivity index (χ2v) is 4.78. The maximum absolute atomic E-state index is 13.6. The number of nitrogens with zero attached hydrogens (tertiary/aromatic N) is 4. The molecular weight excluding hydrogens is 304 g/mol. The highest BCUT2D eigenvalue weighted by atomic mass is 19.1. The van der Waals surface area contributed by atoms with Gasteiger partial charge in [-0.25, -0.2) is 13.5 Å². The van der Waals surface area contributed by atoms with E-state index in [2.05, 4.69) is 20.8 Å². The summed E-state index contributed by atoms with van der Waals surface area (Å²) in [5.41, 5.74) is 1.01. The van der Waals surface area contributed by atoms with Gasteiger partial charge in [0.15, 0.2) is 5.82 Å². The number of carbonyl (C=O) groups is 1. The van der Waals surface area contributed by atoms with E-state index in [0.717, 1.165) is 17.7 Å². The Hall–Kier alpha value is -3.16. The van der Waals surface area contributed by atoms with Gasteiger partial charge < -0.3 is 5.32 Å². The van der Waals surface area contributed by atoms with Gasteiger partial charge in [0, 0.05) is 24.4 Å². The molecule has 116 valence electrons. The molecular formula is C15H11F2N5O. The third kappa shape index (κ3) is 3.05. The molecule has 2 aromatic carbocycles. The van der Waals surface area contributed by atoms with Gasteiger partial charge in [0.1, 0.15) is 11.6 Å². The van der Waals surface area contributed by atoms with Crippen LogP contribution in [0.2, 0.25) is 0 Å². The number of amides is 1. The molecule has 0 bridgehead atoms. The quantitative estimate of drug-likeness (QED) is 0.805. The fraction of sp³-hybridized carbons (Fsp3) is 0.0667. The van der Waals surface area contributed by atoms with Crippen LogP contribution in [0.4, 0.5) is 14.5 Å². The number of tetrazole rings is 1. The van der Waals surface area contributed by atoms with E-state index in [-0.39, 0.29) is 5.56 Å². The lowest BCUT2D eigenvalue weighted by Crippen LogP contribution is -2.13. The molecule has 0 fully saturated rings. The van der Waals surface area contributed by atoms with Crippen LogP contribution in [-0.2, 0) is 7.05 Å². The van der Waals surface area contributed by atoms with E-state index in [9.17, 15) is 13.6 Å². The molecule has 6 nitrogen and oxygen atoms in total. The third-order valence-electron chi connectivity index (χ3n) is 3.20. The molecule has 3 rings (SSSR count). The minimum atomic E-state index is -0.913. The van der Waals surface area contributed by atoms with Crippen molar-refractivity contribution in [1.82, 2.24) is 20.2 Å². The molecule has 1 aromatic heterocycles. The van der Waals surface area contributed by atoms with Crippen LogP contribution in [0.15, 0.2) is 42.5 Å². The summed E-state index contributed by atoms with van der Waals surface area (Å²) in [7, 11) is 1.71. The summed E-state index contributed by atoms with van der Waals surface area (Å²) < 4.78 is 27.9. The summed E-state index contributed by atoms with van der Waals surface area (Å²) in [6.07, 6.45) is 0. The summed E-state index contributed by atoms with van der Waals surface area (Å²) in [6, 6.07) is 9.53. The minimum absolute atomic E-state index is 0.229. The molecule has 0 unspecified atom stereocenters. The zero-order valence-electron chi connectivity index (χ0n) is 12.0. The molecule has 0 aliphatic carbocycles. The largest absolute Gasteiger partial charge is 0.322 e. The predicted octanol–water partition coefficient (Wildman–Crippen LogP) is 2.41. The number of nitrogens with one attached hydrogen (secondary N) is 1. The van der Waals surface area contributed by atoms with Crippen LogP contribution in [0.3, 0.4) is 0 Å². The van der Waals surface area contributed by atoms with Crippen LogP contribution >= 0.6 is 0 Å². The first kappa shape index (κ1) is 14.8. The van der Waals surface area contributed by atoms with Gasteiger partial charge in [-0.3, -0.25) is 4.79 Å². The Bertz CT molecular complexity index is 861.